The average molecular weight is 450 g/mol. The molecule has 2 aliphatic rings. The highest BCUT2D eigenvalue weighted by molar-refractivity contribution is 7.09. The molecule has 4 rings (SSSR count). The molecule has 0 unspecified atom stereocenters. The van der Waals surface area contributed by atoms with Crippen LogP contribution in [0, 0.1) is 11.6 Å². The Morgan fingerprint density at radius 2 is 1.90 bits per heavy atom. The molecule has 0 aliphatic carbocycles. The van der Waals surface area contributed by atoms with E-state index in [1.807, 2.05) is 26.2 Å². The fourth-order valence-electron chi connectivity index (χ4n) is 3.73. The van der Waals surface area contributed by atoms with Crippen molar-refractivity contribution in [3.63, 3.8) is 0 Å². The molecule has 2 aliphatic heterocycles. The van der Waals surface area contributed by atoms with Crippen LogP contribution in [0.25, 0.3) is 0 Å². The number of halogens is 2. The second kappa shape index (κ2) is 8.53. The number of carbonyl (C=O) groups excluding carboxylic acids is 1. The highest BCUT2D eigenvalue weighted by Crippen LogP contribution is 2.36. The Morgan fingerprint density at radius 3 is 2.55 bits per heavy atom. The summed E-state index contributed by atoms with van der Waals surface area (Å²) in [5.41, 5.74) is 0.312. The summed E-state index contributed by atoms with van der Waals surface area (Å²) in [5, 5.41) is 6.80. The molecule has 6 nitrogen and oxygen atoms in total. The number of nitrogens with zero attached hydrogens (tertiary/aromatic N) is 3. The second-order valence-electron chi connectivity index (χ2n) is 8.79. The number of hydrogen-bond donors (Lipinski definition) is 0. The van der Waals surface area contributed by atoms with Crippen molar-refractivity contribution < 1.29 is 23.1 Å². The molecule has 2 aromatic rings. The van der Waals surface area contributed by atoms with E-state index < -0.39 is 23.3 Å². The van der Waals surface area contributed by atoms with Gasteiger partial charge in [0.05, 0.1) is 22.0 Å². The minimum absolute atomic E-state index is 0.144. The van der Waals surface area contributed by atoms with Gasteiger partial charge in [-0.1, -0.05) is 11.2 Å². The molecule has 1 atom stereocenters. The van der Waals surface area contributed by atoms with Gasteiger partial charge >= 0.3 is 6.09 Å². The van der Waals surface area contributed by atoms with Crippen molar-refractivity contribution >= 4 is 23.1 Å². The van der Waals surface area contributed by atoms with E-state index in [0.717, 1.165) is 17.8 Å². The van der Waals surface area contributed by atoms with E-state index in [0.29, 0.717) is 18.8 Å². The minimum atomic E-state index is -0.654. The number of likely N-dealkylation sites (tertiary alicyclic amines) is 1. The fraction of sp³-hybridized carbons (Fsp3) is 0.500. The number of thiazole rings is 1. The number of ether oxygens (including phenoxy) is 1. The Hall–Kier alpha value is -2.55. The van der Waals surface area contributed by atoms with E-state index in [4.69, 9.17) is 14.6 Å². The Bertz CT molecular complexity index is 974. The molecule has 1 aromatic heterocycles. The molecular weight excluding hydrogens is 424 g/mol. The number of amides is 1. The summed E-state index contributed by atoms with van der Waals surface area (Å²) in [5.74, 6) is -1.05. The summed E-state index contributed by atoms with van der Waals surface area (Å²) < 4.78 is 33.5. The lowest BCUT2D eigenvalue weighted by molar-refractivity contribution is 0.0204. The van der Waals surface area contributed by atoms with Crippen molar-refractivity contribution in [3.8, 4) is 0 Å². The van der Waals surface area contributed by atoms with Crippen LogP contribution < -0.4 is 0 Å². The van der Waals surface area contributed by atoms with E-state index in [1.165, 1.54) is 18.2 Å². The van der Waals surface area contributed by atoms with Gasteiger partial charge in [0.15, 0.2) is 6.10 Å². The molecular formula is C22H25F2N3O3S. The van der Waals surface area contributed by atoms with Gasteiger partial charge in [0.1, 0.15) is 17.2 Å². The minimum Gasteiger partial charge on any atom is -0.444 e. The standard InChI is InChI=1S/C22H25F2N3O3S/c1-22(2,3)29-21(28)27-9-7-13(8-10-27)20-25-17(12-31-20)18-11-16(26-30-18)19-14(23)5-4-6-15(19)24/h4-6,12-13,18H,7-11H2,1-3H3/t18-/m0/s1. The van der Waals surface area contributed by atoms with Gasteiger partial charge in [-0.25, -0.2) is 18.6 Å². The van der Waals surface area contributed by atoms with Crippen LogP contribution in [0.4, 0.5) is 13.6 Å². The van der Waals surface area contributed by atoms with Crippen molar-refractivity contribution in [2.24, 2.45) is 5.16 Å². The zero-order valence-corrected chi connectivity index (χ0v) is 18.5. The highest BCUT2D eigenvalue weighted by atomic mass is 32.1. The Balaban J connectivity index is 1.35. The number of aromatic nitrogens is 1. The molecule has 1 fully saturated rings. The largest absolute Gasteiger partial charge is 0.444 e. The first kappa shape index (κ1) is 21.7. The fourth-order valence-corrected chi connectivity index (χ4v) is 4.76. The van der Waals surface area contributed by atoms with Gasteiger partial charge in [-0.2, -0.15) is 0 Å². The number of oxime groups is 1. The van der Waals surface area contributed by atoms with Crippen molar-refractivity contribution in [2.45, 2.75) is 57.7 Å². The Morgan fingerprint density at radius 1 is 1.23 bits per heavy atom. The molecule has 31 heavy (non-hydrogen) atoms. The smallest absolute Gasteiger partial charge is 0.410 e. The third-order valence-corrected chi connectivity index (χ3v) is 6.31. The van der Waals surface area contributed by atoms with Gasteiger partial charge in [-0.15, -0.1) is 11.3 Å². The summed E-state index contributed by atoms with van der Waals surface area (Å²) in [7, 11) is 0. The van der Waals surface area contributed by atoms with Crippen LogP contribution in [0.3, 0.4) is 0 Å². The first-order chi connectivity index (χ1) is 14.7. The molecule has 0 radical (unpaired) electrons. The summed E-state index contributed by atoms with van der Waals surface area (Å²) in [6.45, 7) is 6.81. The van der Waals surface area contributed by atoms with Crippen LogP contribution in [-0.2, 0) is 9.57 Å². The first-order valence-electron chi connectivity index (χ1n) is 10.3. The SMILES string of the molecule is CC(C)(C)OC(=O)N1CCC(c2nc([C@@H]3CC(c4c(F)cccc4F)=NO3)cs2)CC1. The van der Waals surface area contributed by atoms with Gasteiger partial charge in [-0.3, -0.25) is 0 Å². The first-order valence-corrected chi connectivity index (χ1v) is 11.2. The molecule has 0 spiro atoms. The number of rotatable bonds is 3. The maximum Gasteiger partial charge on any atom is 0.410 e. The van der Waals surface area contributed by atoms with Gasteiger partial charge in [0, 0.05) is 30.8 Å². The second-order valence-corrected chi connectivity index (χ2v) is 9.67. The molecule has 1 saturated heterocycles. The van der Waals surface area contributed by atoms with Crippen molar-refractivity contribution in [3.05, 3.63) is 51.5 Å². The van der Waals surface area contributed by atoms with Crippen LogP contribution in [-0.4, -0.2) is 40.4 Å². The van der Waals surface area contributed by atoms with E-state index in [1.54, 1.807) is 16.2 Å². The Labute approximate surface area is 183 Å². The van der Waals surface area contributed by atoms with E-state index in [-0.39, 0.29) is 29.7 Å². The average Bonchev–Trinajstić information content (AvgIpc) is 3.36. The molecule has 3 heterocycles. The van der Waals surface area contributed by atoms with Crippen LogP contribution >= 0.6 is 11.3 Å². The molecule has 1 aromatic carbocycles. The summed E-state index contributed by atoms with van der Waals surface area (Å²) in [6.07, 6.45) is 1.13. The predicted molar refractivity (Wildman–Crippen MR) is 113 cm³/mol. The summed E-state index contributed by atoms with van der Waals surface area (Å²) in [6, 6.07) is 3.74. The number of piperidine rings is 1. The van der Waals surface area contributed by atoms with Crippen LogP contribution in [0.5, 0.6) is 0 Å². The Kier molecular flexibility index (Phi) is 5.96. The lowest BCUT2D eigenvalue weighted by Crippen LogP contribution is -2.41. The van der Waals surface area contributed by atoms with E-state index in [2.05, 4.69) is 5.16 Å². The lowest BCUT2D eigenvalue weighted by Gasteiger charge is -2.32. The van der Waals surface area contributed by atoms with E-state index in [9.17, 15) is 13.6 Å². The van der Waals surface area contributed by atoms with Crippen LogP contribution in [0.1, 0.15) is 68.3 Å². The van der Waals surface area contributed by atoms with Gasteiger partial charge < -0.3 is 14.5 Å². The zero-order chi connectivity index (χ0) is 22.2. The summed E-state index contributed by atoms with van der Waals surface area (Å²) >= 11 is 1.54. The van der Waals surface area contributed by atoms with E-state index >= 15 is 0 Å². The number of hydrogen-bond acceptors (Lipinski definition) is 6. The van der Waals surface area contributed by atoms with Gasteiger partial charge in [0.25, 0.3) is 0 Å². The van der Waals surface area contributed by atoms with Crippen molar-refractivity contribution in [1.29, 1.82) is 0 Å². The quantitative estimate of drug-likeness (QED) is 0.629. The molecule has 9 heteroatoms. The topological polar surface area (TPSA) is 64.0 Å². The molecule has 0 bridgehead atoms. The van der Waals surface area contributed by atoms with Gasteiger partial charge in [0.2, 0.25) is 0 Å². The maximum atomic E-state index is 14.0. The van der Waals surface area contributed by atoms with Crippen molar-refractivity contribution in [1.82, 2.24) is 9.88 Å². The molecule has 0 saturated carbocycles. The highest BCUT2D eigenvalue weighted by Gasteiger charge is 2.32. The predicted octanol–water partition coefficient (Wildman–Crippen LogP) is 5.40. The van der Waals surface area contributed by atoms with Crippen LogP contribution in [0.15, 0.2) is 28.7 Å². The van der Waals surface area contributed by atoms with Crippen molar-refractivity contribution in [2.75, 3.05) is 13.1 Å². The third-order valence-electron chi connectivity index (χ3n) is 5.29. The monoisotopic (exact) mass is 449 g/mol. The maximum absolute atomic E-state index is 14.0. The molecule has 166 valence electrons. The van der Waals surface area contributed by atoms with Crippen LogP contribution in [0.2, 0.25) is 0 Å². The van der Waals surface area contributed by atoms with Gasteiger partial charge in [-0.05, 0) is 45.7 Å². The normalized spacial score (nSPS) is 19.8. The lowest BCUT2D eigenvalue weighted by atomic mass is 9.97. The third kappa shape index (κ3) is 4.87. The number of benzene rings is 1. The molecule has 0 N–H and O–H groups in total. The zero-order valence-electron chi connectivity index (χ0n) is 17.7. The molecule has 1 amide bonds. The number of carbonyl (C=O) groups is 1. The summed E-state index contributed by atoms with van der Waals surface area (Å²) in [4.78, 5) is 24.1.